The molecule has 20 heavy (non-hydrogen) atoms. The van der Waals surface area contributed by atoms with Crippen LogP contribution in [0.1, 0.15) is 31.0 Å². The van der Waals surface area contributed by atoms with Crippen molar-refractivity contribution in [3.05, 3.63) is 54.6 Å². The number of aryl methyl sites for hydroxylation is 1. The van der Waals surface area contributed by atoms with E-state index in [1.165, 1.54) is 25.0 Å². The van der Waals surface area contributed by atoms with Gasteiger partial charge in [0.05, 0.1) is 11.7 Å². The lowest BCUT2D eigenvalue weighted by Gasteiger charge is -2.27. The third-order valence-electron chi connectivity index (χ3n) is 4.13. The largest absolute Gasteiger partial charge is 0.354 e. The molecule has 2 aromatic rings. The first-order valence-electron chi connectivity index (χ1n) is 7.56. The van der Waals surface area contributed by atoms with Crippen LogP contribution in [0.15, 0.2) is 48.9 Å². The maximum atomic E-state index is 4.57. The molecule has 0 N–H and O–H groups in total. The summed E-state index contributed by atoms with van der Waals surface area (Å²) in [7, 11) is 2.24. The van der Waals surface area contributed by atoms with Crippen molar-refractivity contribution in [2.24, 2.45) is 5.92 Å². The van der Waals surface area contributed by atoms with E-state index in [0.717, 1.165) is 19.0 Å². The van der Waals surface area contributed by atoms with Crippen LogP contribution in [-0.2, 0) is 6.54 Å². The fourth-order valence-corrected chi connectivity index (χ4v) is 2.95. The van der Waals surface area contributed by atoms with Gasteiger partial charge in [-0.1, -0.05) is 6.07 Å². The van der Waals surface area contributed by atoms with Gasteiger partial charge >= 0.3 is 0 Å². The molecule has 0 bridgehead atoms. The molecule has 1 saturated carbocycles. The zero-order valence-corrected chi connectivity index (χ0v) is 12.2. The monoisotopic (exact) mass is 269 g/mol. The van der Waals surface area contributed by atoms with Crippen molar-refractivity contribution >= 4 is 0 Å². The summed E-state index contributed by atoms with van der Waals surface area (Å²) in [5.41, 5.74) is 1.23. The summed E-state index contributed by atoms with van der Waals surface area (Å²) in [6, 6.07) is 11.0. The molecule has 1 aliphatic rings. The predicted octanol–water partition coefficient (Wildman–Crippen LogP) is 3.36. The molecule has 0 radical (unpaired) electrons. The van der Waals surface area contributed by atoms with E-state index < -0.39 is 0 Å². The highest BCUT2D eigenvalue weighted by molar-refractivity contribution is 5.12. The van der Waals surface area contributed by atoms with Gasteiger partial charge in [-0.2, -0.15) is 0 Å². The van der Waals surface area contributed by atoms with Gasteiger partial charge in [-0.15, -0.1) is 0 Å². The van der Waals surface area contributed by atoms with Crippen LogP contribution in [-0.4, -0.2) is 28.0 Å². The van der Waals surface area contributed by atoms with Gasteiger partial charge in [-0.05, 0) is 56.5 Å². The van der Waals surface area contributed by atoms with Gasteiger partial charge in [0.2, 0.25) is 0 Å². The number of pyridine rings is 1. The molecule has 1 fully saturated rings. The molecule has 1 aliphatic carbocycles. The Hall–Kier alpha value is -1.61. The molecule has 1 atom stereocenters. The third-order valence-corrected chi connectivity index (χ3v) is 4.13. The predicted molar refractivity (Wildman–Crippen MR) is 81.4 cm³/mol. The van der Waals surface area contributed by atoms with Gasteiger partial charge < -0.3 is 4.57 Å². The number of nitrogens with zero attached hydrogens (tertiary/aromatic N) is 3. The van der Waals surface area contributed by atoms with E-state index in [4.69, 9.17) is 0 Å². The SMILES string of the molecule is CN(CCCn1cccc1)C(c1ccccn1)C1CC1. The Morgan fingerprint density at radius 2 is 2.05 bits per heavy atom. The summed E-state index contributed by atoms with van der Waals surface area (Å²) in [4.78, 5) is 7.06. The van der Waals surface area contributed by atoms with Crippen molar-refractivity contribution < 1.29 is 0 Å². The first-order valence-corrected chi connectivity index (χ1v) is 7.56. The molecule has 3 heteroatoms. The van der Waals surface area contributed by atoms with Crippen LogP contribution in [0.5, 0.6) is 0 Å². The Morgan fingerprint density at radius 1 is 1.25 bits per heavy atom. The maximum absolute atomic E-state index is 4.57. The lowest BCUT2D eigenvalue weighted by Crippen LogP contribution is -2.28. The van der Waals surface area contributed by atoms with Gasteiger partial charge in [0, 0.05) is 31.7 Å². The van der Waals surface area contributed by atoms with E-state index in [0.29, 0.717) is 6.04 Å². The van der Waals surface area contributed by atoms with Crippen molar-refractivity contribution in [2.75, 3.05) is 13.6 Å². The molecule has 2 aromatic heterocycles. The van der Waals surface area contributed by atoms with Gasteiger partial charge in [0.1, 0.15) is 0 Å². The second-order valence-electron chi connectivity index (χ2n) is 5.79. The minimum absolute atomic E-state index is 0.501. The van der Waals surface area contributed by atoms with Gasteiger partial charge in [-0.25, -0.2) is 0 Å². The van der Waals surface area contributed by atoms with Crippen LogP contribution in [0.3, 0.4) is 0 Å². The summed E-state index contributed by atoms with van der Waals surface area (Å²) in [6.07, 6.45) is 10.1. The first kappa shape index (κ1) is 13.4. The van der Waals surface area contributed by atoms with Gasteiger partial charge in [-0.3, -0.25) is 9.88 Å². The Morgan fingerprint density at radius 3 is 2.70 bits per heavy atom. The quantitative estimate of drug-likeness (QED) is 0.768. The molecule has 1 unspecified atom stereocenters. The second kappa shape index (κ2) is 6.23. The van der Waals surface area contributed by atoms with Crippen LogP contribution in [0.4, 0.5) is 0 Å². The van der Waals surface area contributed by atoms with Gasteiger partial charge in [0.15, 0.2) is 0 Å². The van der Waals surface area contributed by atoms with E-state index in [2.05, 4.69) is 58.2 Å². The molecule has 2 heterocycles. The van der Waals surface area contributed by atoms with Crippen LogP contribution in [0.25, 0.3) is 0 Å². The maximum Gasteiger partial charge on any atom is 0.0578 e. The zero-order chi connectivity index (χ0) is 13.8. The minimum atomic E-state index is 0.501. The van der Waals surface area contributed by atoms with Crippen molar-refractivity contribution in [1.29, 1.82) is 0 Å². The smallest absolute Gasteiger partial charge is 0.0578 e. The fourth-order valence-electron chi connectivity index (χ4n) is 2.95. The molecule has 3 nitrogen and oxygen atoms in total. The van der Waals surface area contributed by atoms with Crippen LogP contribution >= 0.6 is 0 Å². The number of rotatable bonds is 7. The van der Waals surface area contributed by atoms with E-state index in [-0.39, 0.29) is 0 Å². The molecular weight excluding hydrogens is 246 g/mol. The van der Waals surface area contributed by atoms with Crippen LogP contribution < -0.4 is 0 Å². The number of hydrogen-bond acceptors (Lipinski definition) is 2. The Bertz CT molecular complexity index is 502. The average molecular weight is 269 g/mol. The topological polar surface area (TPSA) is 21.1 Å². The summed E-state index contributed by atoms with van der Waals surface area (Å²) >= 11 is 0. The Balaban J connectivity index is 1.57. The molecule has 0 aliphatic heterocycles. The molecule has 0 spiro atoms. The third kappa shape index (κ3) is 3.28. The van der Waals surface area contributed by atoms with E-state index in [1.807, 2.05) is 12.3 Å². The fraction of sp³-hybridized carbons (Fsp3) is 0.471. The highest BCUT2D eigenvalue weighted by Crippen LogP contribution is 2.43. The molecule has 0 amide bonds. The standard InChI is InChI=1S/C17H23N3/c1-19(11-6-14-20-12-4-5-13-20)17(15-8-9-15)16-7-2-3-10-18-16/h2-5,7,10,12-13,15,17H,6,8-9,11,14H2,1H3. The minimum Gasteiger partial charge on any atom is -0.354 e. The molecule has 106 valence electrons. The summed E-state index contributed by atoms with van der Waals surface area (Å²) in [6.45, 7) is 2.22. The van der Waals surface area contributed by atoms with E-state index in [9.17, 15) is 0 Å². The first-order chi connectivity index (χ1) is 9.84. The van der Waals surface area contributed by atoms with Crippen LogP contribution in [0.2, 0.25) is 0 Å². The van der Waals surface area contributed by atoms with Gasteiger partial charge in [0.25, 0.3) is 0 Å². The zero-order valence-electron chi connectivity index (χ0n) is 12.2. The molecule has 0 aromatic carbocycles. The van der Waals surface area contributed by atoms with E-state index in [1.54, 1.807) is 0 Å². The second-order valence-corrected chi connectivity index (χ2v) is 5.79. The van der Waals surface area contributed by atoms with E-state index >= 15 is 0 Å². The summed E-state index contributed by atoms with van der Waals surface area (Å²) in [5.74, 6) is 0.807. The Kier molecular flexibility index (Phi) is 4.16. The Labute approximate surface area is 121 Å². The normalized spacial score (nSPS) is 16.5. The summed E-state index contributed by atoms with van der Waals surface area (Å²) in [5, 5.41) is 0. The summed E-state index contributed by atoms with van der Waals surface area (Å²) < 4.78 is 2.25. The van der Waals surface area contributed by atoms with Crippen LogP contribution in [0, 0.1) is 5.92 Å². The van der Waals surface area contributed by atoms with Crippen molar-refractivity contribution in [1.82, 2.24) is 14.5 Å². The van der Waals surface area contributed by atoms with Crippen molar-refractivity contribution in [3.63, 3.8) is 0 Å². The highest BCUT2D eigenvalue weighted by Gasteiger charge is 2.35. The molecule has 3 rings (SSSR count). The number of hydrogen-bond donors (Lipinski definition) is 0. The lowest BCUT2D eigenvalue weighted by atomic mass is 10.1. The highest BCUT2D eigenvalue weighted by atomic mass is 15.1. The average Bonchev–Trinajstić information content (AvgIpc) is 3.16. The van der Waals surface area contributed by atoms with Crippen molar-refractivity contribution in [3.8, 4) is 0 Å². The molecule has 0 saturated heterocycles. The molecular formula is C17H23N3. The van der Waals surface area contributed by atoms with Crippen molar-refractivity contribution in [2.45, 2.75) is 31.8 Å². The lowest BCUT2D eigenvalue weighted by molar-refractivity contribution is 0.210. The number of aromatic nitrogens is 2.